The number of nitrogens with zero attached hydrogens (tertiary/aromatic N) is 2. The van der Waals surface area contributed by atoms with E-state index >= 15 is 0 Å². The highest BCUT2D eigenvalue weighted by Crippen LogP contribution is 2.37. The van der Waals surface area contributed by atoms with Crippen LogP contribution in [0.15, 0.2) is 24.3 Å². The summed E-state index contributed by atoms with van der Waals surface area (Å²) >= 11 is 6.47. The number of alkyl halides is 3. The number of benzene rings is 1. The predicted octanol–water partition coefficient (Wildman–Crippen LogP) is 4.26. The van der Waals surface area contributed by atoms with Gasteiger partial charge in [-0.05, 0) is 24.3 Å². The first kappa shape index (κ1) is 18.8. The molecule has 0 aliphatic rings. The molecule has 1 amide bonds. The number of rotatable bonds is 2. The number of pyridine rings is 1. The number of nitrogen functional groups attached to an aromatic ring is 2. The lowest BCUT2D eigenvalue weighted by Gasteiger charge is -2.11. The van der Waals surface area contributed by atoms with Gasteiger partial charge in [-0.15, -0.1) is 11.3 Å². The smallest absolute Gasteiger partial charge is 0.397 e. The molecule has 5 N–H and O–H groups in total. The Morgan fingerprint density at radius 2 is 2.00 bits per heavy atom. The Hall–Kier alpha value is -3.03. The second-order valence-corrected chi connectivity index (χ2v) is 6.78. The van der Waals surface area contributed by atoms with Gasteiger partial charge in [0.05, 0.1) is 21.8 Å². The van der Waals surface area contributed by atoms with Crippen molar-refractivity contribution in [3.05, 3.63) is 45.3 Å². The van der Waals surface area contributed by atoms with E-state index in [0.717, 1.165) is 23.5 Å². The van der Waals surface area contributed by atoms with Crippen LogP contribution in [-0.2, 0) is 6.18 Å². The van der Waals surface area contributed by atoms with Crippen molar-refractivity contribution in [2.24, 2.45) is 0 Å². The number of thiophene rings is 1. The Morgan fingerprint density at radius 3 is 2.63 bits per heavy atom. The molecule has 0 unspecified atom stereocenters. The quantitative estimate of drug-likeness (QED) is 0.582. The maximum atomic E-state index is 12.9. The molecular weight excluding hydrogens is 403 g/mol. The third-order valence-electron chi connectivity index (χ3n) is 3.61. The Morgan fingerprint density at radius 1 is 1.30 bits per heavy atom. The highest BCUT2D eigenvalue weighted by molar-refractivity contribution is 7.21. The number of nitrogens with two attached hydrogens (primary N) is 2. The molecule has 0 spiro atoms. The molecule has 0 atom stereocenters. The van der Waals surface area contributed by atoms with Gasteiger partial charge in [-0.25, -0.2) is 4.98 Å². The van der Waals surface area contributed by atoms with Crippen molar-refractivity contribution in [1.29, 1.82) is 5.26 Å². The number of carbonyl (C=O) groups is 1. The maximum Gasteiger partial charge on any atom is 0.417 e. The van der Waals surface area contributed by atoms with Crippen molar-refractivity contribution in [1.82, 2.24) is 4.98 Å². The summed E-state index contributed by atoms with van der Waals surface area (Å²) in [7, 11) is 0. The normalized spacial score (nSPS) is 11.4. The van der Waals surface area contributed by atoms with Gasteiger partial charge in [0, 0.05) is 11.1 Å². The van der Waals surface area contributed by atoms with E-state index in [4.69, 9.17) is 28.3 Å². The van der Waals surface area contributed by atoms with Crippen LogP contribution in [0.1, 0.15) is 20.8 Å². The zero-order chi connectivity index (χ0) is 19.9. The molecule has 0 radical (unpaired) electrons. The third kappa shape index (κ3) is 3.47. The number of fused-ring (bicyclic) bond motifs is 1. The molecule has 1 aromatic carbocycles. The van der Waals surface area contributed by atoms with Crippen molar-refractivity contribution in [3.8, 4) is 6.07 Å². The van der Waals surface area contributed by atoms with Gasteiger partial charge in [0.1, 0.15) is 21.6 Å². The van der Waals surface area contributed by atoms with E-state index in [-0.39, 0.29) is 27.6 Å². The van der Waals surface area contributed by atoms with Crippen LogP contribution in [0.25, 0.3) is 10.2 Å². The first-order valence-corrected chi connectivity index (χ1v) is 8.38. The zero-order valence-electron chi connectivity index (χ0n) is 13.2. The molecule has 3 rings (SSSR count). The summed E-state index contributed by atoms with van der Waals surface area (Å²) in [5.74, 6) is -0.728. The minimum atomic E-state index is -4.66. The summed E-state index contributed by atoms with van der Waals surface area (Å²) in [4.78, 5) is 16.9. The summed E-state index contributed by atoms with van der Waals surface area (Å²) in [5.41, 5.74) is 10.6. The van der Waals surface area contributed by atoms with Crippen LogP contribution in [0.5, 0.6) is 0 Å². The zero-order valence-corrected chi connectivity index (χ0v) is 14.8. The van der Waals surface area contributed by atoms with Gasteiger partial charge >= 0.3 is 6.18 Å². The Balaban J connectivity index is 1.98. The molecule has 6 nitrogen and oxygen atoms in total. The molecule has 138 valence electrons. The number of nitriles is 1. The van der Waals surface area contributed by atoms with E-state index < -0.39 is 22.7 Å². The van der Waals surface area contributed by atoms with Crippen molar-refractivity contribution in [2.45, 2.75) is 6.18 Å². The number of hydrogen-bond donors (Lipinski definition) is 3. The molecule has 0 bridgehead atoms. The van der Waals surface area contributed by atoms with E-state index in [1.807, 2.05) is 6.07 Å². The second-order valence-electron chi connectivity index (χ2n) is 5.38. The van der Waals surface area contributed by atoms with Crippen LogP contribution in [0.3, 0.4) is 0 Å². The molecule has 0 saturated heterocycles. The third-order valence-corrected chi connectivity index (χ3v) is 5.05. The van der Waals surface area contributed by atoms with Gasteiger partial charge in [-0.2, -0.15) is 18.4 Å². The van der Waals surface area contributed by atoms with Crippen LogP contribution in [0, 0.1) is 11.3 Å². The van der Waals surface area contributed by atoms with Crippen LogP contribution in [0.2, 0.25) is 5.02 Å². The van der Waals surface area contributed by atoms with E-state index in [9.17, 15) is 18.0 Å². The Bertz CT molecular complexity index is 1120. The van der Waals surface area contributed by atoms with Crippen molar-refractivity contribution < 1.29 is 18.0 Å². The predicted molar refractivity (Wildman–Crippen MR) is 97.6 cm³/mol. The molecule has 11 heteroatoms. The number of nitrogens with one attached hydrogen (secondary N) is 1. The highest BCUT2D eigenvalue weighted by Gasteiger charge is 2.33. The van der Waals surface area contributed by atoms with Gasteiger partial charge in [0.2, 0.25) is 0 Å². The van der Waals surface area contributed by atoms with Crippen LogP contribution in [0.4, 0.5) is 30.4 Å². The summed E-state index contributed by atoms with van der Waals surface area (Å²) in [6.07, 6.45) is -4.66. The molecule has 0 fully saturated rings. The average molecular weight is 412 g/mol. The fraction of sp³-hybridized carbons (Fsp3) is 0.0625. The Labute approximate surface area is 159 Å². The SMILES string of the molecule is N#Cc1cc2c(N)c(C(=O)Nc3ccc(Cl)c(C(F)(F)F)c3)sc2nc1N. The Kier molecular flexibility index (Phi) is 4.59. The molecule has 2 heterocycles. The molecule has 0 aliphatic carbocycles. The largest absolute Gasteiger partial charge is 0.417 e. The second kappa shape index (κ2) is 6.61. The number of hydrogen-bond acceptors (Lipinski definition) is 6. The minimum Gasteiger partial charge on any atom is -0.397 e. The molecule has 0 saturated carbocycles. The molecule has 2 aromatic heterocycles. The number of carbonyl (C=O) groups excluding carboxylic acids is 1. The van der Waals surface area contributed by atoms with Crippen molar-refractivity contribution in [2.75, 3.05) is 16.8 Å². The first-order valence-electron chi connectivity index (χ1n) is 7.18. The fourth-order valence-electron chi connectivity index (χ4n) is 2.32. The van der Waals surface area contributed by atoms with Crippen molar-refractivity contribution >= 4 is 56.3 Å². The maximum absolute atomic E-state index is 12.9. The van der Waals surface area contributed by atoms with E-state index in [1.165, 1.54) is 12.1 Å². The fourth-order valence-corrected chi connectivity index (χ4v) is 3.53. The summed E-state index contributed by atoms with van der Waals surface area (Å²) in [6.45, 7) is 0. The van der Waals surface area contributed by atoms with E-state index in [2.05, 4.69) is 10.3 Å². The summed E-state index contributed by atoms with van der Waals surface area (Å²) in [5, 5.41) is 11.2. The van der Waals surface area contributed by atoms with Gasteiger partial charge in [-0.1, -0.05) is 11.6 Å². The number of halogens is 4. The lowest BCUT2D eigenvalue weighted by Crippen LogP contribution is -2.13. The minimum absolute atomic E-state index is 0.00858. The topological polar surface area (TPSA) is 118 Å². The lowest BCUT2D eigenvalue weighted by molar-refractivity contribution is -0.137. The molecule has 0 aliphatic heterocycles. The van der Waals surface area contributed by atoms with Gasteiger partial charge in [0.15, 0.2) is 0 Å². The van der Waals surface area contributed by atoms with E-state index in [1.54, 1.807) is 0 Å². The van der Waals surface area contributed by atoms with E-state index in [0.29, 0.717) is 10.2 Å². The highest BCUT2D eigenvalue weighted by atomic mass is 35.5. The average Bonchev–Trinajstić information content (AvgIpc) is 2.90. The lowest BCUT2D eigenvalue weighted by atomic mass is 10.2. The van der Waals surface area contributed by atoms with Crippen molar-refractivity contribution in [3.63, 3.8) is 0 Å². The molecule has 3 aromatic rings. The monoisotopic (exact) mass is 411 g/mol. The van der Waals surface area contributed by atoms with Gasteiger partial charge in [0.25, 0.3) is 5.91 Å². The molecular formula is C16H9ClF3N5OS. The van der Waals surface area contributed by atoms with Crippen LogP contribution < -0.4 is 16.8 Å². The van der Waals surface area contributed by atoms with Gasteiger partial charge in [-0.3, -0.25) is 4.79 Å². The summed E-state index contributed by atoms with van der Waals surface area (Å²) in [6, 6.07) is 6.27. The standard InChI is InChI=1S/C16H9ClF3N5OS/c17-10-2-1-7(4-9(10)16(18,19)20)24-14(26)12-11(22)8-3-6(5-21)13(23)25-15(8)27-12/h1-4H,22H2,(H2,23,25)(H,24,26). The summed E-state index contributed by atoms with van der Waals surface area (Å²) < 4.78 is 38.8. The van der Waals surface area contributed by atoms with Crippen LogP contribution in [-0.4, -0.2) is 10.9 Å². The first-order chi connectivity index (χ1) is 12.6. The number of amides is 1. The van der Waals surface area contributed by atoms with Gasteiger partial charge < -0.3 is 16.8 Å². The van der Waals surface area contributed by atoms with Crippen LogP contribution >= 0.6 is 22.9 Å². The number of aromatic nitrogens is 1. The number of anilines is 3. The molecule has 27 heavy (non-hydrogen) atoms.